The molecule has 11 heteroatoms. The number of nitrogen functional groups attached to an aromatic ring is 2. The van der Waals surface area contributed by atoms with E-state index in [1.165, 1.54) is 22.7 Å². The van der Waals surface area contributed by atoms with Gasteiger partial charge in [-0.25, -0.2) is 15.0 Å². The number of imidazole rings is 1. The molecule has 29 heavy (non-hydrogen) atoms. The van der Waals surface area contributed by atoms with Crippen molar-refractivity contribution in [1.29, 1.82) is 0 Å². The van der Waals surface area contributed by atoms with Gasteiger partial charge in [0, 0.05) is 11.4 Å². The molecule has 0 spiro atoms. The number of aryl methyl sites for hydroxylation is 1. The summed E-state index contributed by atoms with van der Waals surface area (Å²) in [6.45, 7) is -0.412. The summed E-state index contributed by atoms with van der Waals surface area (Å²) < 4.78 is 7.07. The van der Waals surface area contributed by atoms with Gasteiger partial charge in [-0.3, -0.25) is 4.57 Å². The molecule has 1 saturated heterocycles. The number of ether oxygens (including phenoxy) is 1. The molecule has 154 valence electrons. The lowest BCUT2D eigenvalue weighted by Crippen LogP contribution is -2.33. The Morgan fingerprint density at radius 3 is 2.55 bits per heavy atom. The largest absolute Gasteiger partial charge is 0.399 e. The molecule has 2 unspecified atom stereocenters. The molecule has 3 heterocycles. The molecule has 0 saturated carbocycles. The van der Waals surface area contributed by atoms with Crippen LogP contribution < -0.4 is 11.5 Å². The van der Waals surface area contributed by atoms with Gasteiger partial charge >= 0.3 is 0 Å². The van der Waals surface area contributed by atoms with Crippen molar-refractivity contribution in [1.82, 2.24) is 19.5 Å². The van der Waals surface area contributed by atoms with Gasteiger partial charge in [-0.05, 0) is 24.1 Å². The Morgan fingerprint density at radius 2 is 1.86 bits per heavy atom. The van der Waals surface area contributed by atoms with E-state index in [2.05, 4.69) is 15.0 Å². The number of hydrogen-bond donors (Lipinski definition) is 5. The maximum absolute atomic E-state index is 10.3. The summed E-state index contributed by atoms with van der Waals surface area (Å²) in [5.41, 5.74) is 14.4. The van der Waals surface area contributed by atoms with Gasteiger partial charge in [0.05, 0.1) is 12.9 Å². The zero-order valence-corrected chi connectivity index (χ0v) is 16.2. The standard InChI is InChI=1S/C18H22N6O4S/c19-10-3-1-9(2-4-10)5-6-29-18-22-15(20)12-16(23-18)24(8-21-12)17-14(27)13(26)11(7-25)28-17/h1-4,8,11,13-14,17,25-27H,5-7,19H2,(H2,20,22,23)/t11-,13?,14?,17-/m1/s1. The SMILES string of the molecule is Nc1ccc(CCSc2nc(N)c3ncn([C@@H]4O[C@H](CO)C(O)C4O)c3n2)cc1. The third kappa shape index (κ3) is 3.87. The van der Waals surface area contributed by atoms with E-state index in [1.54, 1.807) is 0 Å². The average molecular weight is 418 g/mol. The third-order valence-corrected chi connectivity index (χ3v) is 5.67. The van der Waals surface area contributed by atoms with Crippen LogP contribution in [-0.2, 0) is 11.2 Å². The number of aromatic nitrogens is 4. The number of aliphatic hydroxyl groups is 3. The van der Waals surface area contributed by atoms with Crippen molar-refractivity contribution in [2.24, 2.45) is 0 Å². The maximum Gasteiger partial charge on any atom is 0.191 e. The van der Waals surface area contributed by atoms with E-state index < -0.39 is 31.1 Å². The minimum Gasteiger partial charge on any atom is -0.399 e. The normalized spacial score (nSPS) is 24.4. The molecule has 7 N–H and O–H groups in total. The molecule has 10 nitrogen and oxygen atoms in total. The molecular formula is C18H22N6O4S. The van der Waals surface area contributed by atoms with Crippen LogP contribution in [0.5, 0.6) is 0 Å². The third-order valence-electron chi connectivity index (χ3n) is 4.82. The first-order chi connectivity index (χ1) is 14.0. The number of nitrogens with two attached hydrogens (primary N) is 2. The van der Waals surface area contributed by atoms with Crippen molar-refractivity contribution in [3.63, 3.8) is 0 Å². The number of hydrogen-bond acceptors (Lipinski definition) is 10. The molecule has 0 radical (unpaired) electrons. The van der Waals surface area contributed by atoms with Crippen molar-refractivity contribution in [2.75, 3.05) is 23.8 Å². The summed E-state index contributed by atoms with van der Waals surface area (Å²) in [7, 11) is 0. The van der Waals surface area contributed by atoms with Gasteiger partial charge < -0.3 is 31.5 Å². The molecule has 1 aliphatic rings. The van der Waals surface area contributed by atoms with Crippen LogP contribution in [0.4, 0.5) is 11.5 Å². The van der Waals surface area contributed by atoms with Gasteiger partial charge in [0.25, 0.3) is 0 Å². The highest BCUT2D eigenvalue weighted by molar-refractivity contribution is 7.99. The molecule has 1 fully saturated rings. The van der Waals surface area contributed by atoms with Crippen LogP contribution >= 0.6 is 11.8 Å². The van der Waals surface area contributed by atoms with Crippen LogP contribution in [0.1, 0.15) is 11.8 Å². The second-order valence-electron chi connectivity index (χ2n) is 6.78. The predicted molar refractivity (Wildman–Crippen MR) is 108 cm³/mol. The van der Waals surface area contributed by atoms with E-state index >= 15 is 0 Å². The van der Waals surface area contributed by atoms with E-state index in [4.69, 9.17) is 16.2 Å². The van der Waals surface area contributed by atoms with Crippen LogP contribution in [-0.4, -0.2) is 65.5 Å². The quantitative estimate of drug-likeness (QED) is 0.208. The van der Waals surface area contributed by atoms with Gasteiger partial charge in [-0.1, -0.05) is 23.9 Å². The number of fused-ring (bicyclic) bond motifs is 1. The van der Waals surface area contributed by atoms with Crippen molar-refractivity contribution in [3.05, 3.63) is 36.2 Å². The first-order valence-electron chi connectivity index (χ1n) is 9.07. The fourth-order valence-electron chi connectivity index (χ4n) is 3.22. The Balaban J connectivity index is 1.54. The highest BCUT2D eigenvalue weighted by atomic mass is 32.2. The van der Waals surface area contributed by atoms with E-state index in [0.717, 1.165) is 23.4 Å². The van der Waals surface area contributed by atoms with Crippen molar-refractivity contribution < 1.29 is 20.1 Å². The number of rotatable bonds is 6. The van der Waals surface area contributed by atoms with Crippen molar-refractivity contribution in [3.8, 4) is 0 Å². The molecule has 1 aromatic carbocycles. The maximum atomic E-state index is 10.3. The van der Waals surface area contributed by atoms with Crippen LogP contribution in [0.25, 0.3) is 11.2 Å². The average Bonchev–Trinajstić information content (AvgIpc) is 3.25. The van der Waals surface area contributed by atoms with Crippen molar-refractivity contribution in [2.45, 2.75) is 36.1 Å². The molecule has 1 aliphatic heterocycles. The monoisotopic (exact) mass is 418 g/mol. The summed E-state index contributed by atoms with van der Waals surface area (Å²) in [4.78, 5) is 13.0. The van der Waals surface area contributed by atoms with Gasteiger partial charge in [0.15, 0.2) is 22.8 Å². The van der Waals surface area contributed by atoms with Gasteiger partial charge in [0.1, 0.15) is 23.8 Å². The van der Waals surface area contributed by atoms with E-state index in [9.17, 15) is 15.3 Å². The molecule has 0 amide bonds. The predicted octanol–water partition coefficient (Wildman–Crippen LogP) is -0.0630. The molecular weight excluding hydrogens is 396 g/mol. The highest BCUT2D eigenvalue weighted by Gasteiger charge is 2.44. The topological polar surface area (TPSA) is 166 Å². The first-order valence-corrected chi connectivity index (χ1v) is 10.1. The Hall–Kier alpha value is -2.44. The zero-order valence-electron chi connectivity index (χ0n) is 15.4. The van der Waals surface area contributed by atoms with Gasteiger partial charge in [-0.15, -0.1) is 0 Å². The number of benzene rings is 1. The van der Waals surface area contributed by atoms with Crippen LogP contribution in [0.3, 0.4) is 0 Å². The fraction of sp³-hybridized carbons (Fsp3) is 0.389. The second-order valence-corrected chi connectivity index (χ2v) is 7.85. The van der Waals surface area contributed by atoms with E-state index in [-0.39, 0.29) is 5.82 Å². The second kappa shape index (κ2) is 8.13. The number of aliphatic hydroxyl groups excluding tert-OH is 3. The number of thioether (sulfide) groups is 1. The zero-order chi connectivity index (χ0) is 20.5. The van der Waals surface area contributed by atoms with Crippen molar-refractivity contribution >= 4 is 34.4 Å². The molecule has 2 aromatic heterocycles. The van der Waals surface area contributed by atoms with E-state index in [1.807, 2.05) is 24.3 Å². The summed E-state index contributed by atoms with van der Waals surface area (Å²) >= 11 is 1.44. The fourth-order valence-corrected chi connectivity index (χ4v) is 4.06. The molecule has 0 bridgehead atoms. The first kappa shape index (κ1) is 19.9. The lowest BCUT2D eigenvalue weighted by Gasteiger charge is -2.16. The van der Waals surface area contributed by atoms with Gasteiger partial charge in [0.2, 0.25) is 0 Å². The highest BCUT2D eigenvalue weighted by Crippen LogP contribution is 2.32. The Bertz CT molecular complexity index is 998. The van der Waals surface area contributed by atoms with Crippen LogP contribution in [0.15, 0.2) is 35.7 Å². The minimum absolute atomic E-state index is 0.218. The molecule has 3 aromatic rings. The molecule has 4 rings (SSSR count). The Morgan fingerprint density at radius 1 is 1.10 bits per heavy atom. The number of anilines is 2. The van der Waals surface area contributed by atoms with Crippen LogP contribution in [0.2, 0.25) is 0 Å². The molecule has 4 atom stereocenters. The summed E-state index contributed by atoms with van der Waals surface area (Å²) in [5.74, 6) is 0.951. The molecule has 0 aliphatic carbocycles. The smallest absolute Gasteiger partial charge is 0.191 e. The lowest BCUT2D eigenvalue weighted by atomic mass is 10.1. The van der Waals surface area contributed by atoms with Crippen LogP contribution in [0, 0.1) is 0 Å². The lowest BCUT2D eigenvalue weighted by molar-refractivity contribution is -0.0511. The minimum atomic E-state index is -1.23. The Kier molecular flexibility index (Phi) is 5.56. The summed E-state index contributed by atoms with van der Waals surface area (Å²) in [6.07, 6.45) is -2.04. The van der Waals surface area contributed by atoms with Gasteiger partial charge in [-0.2, -0.15) is 0 Å². The van der Waals surface area contributed by atoms with E-state index in [0.29, 0.717) is 16.3 Å². The summed E-state index contributed by atoms with van der Waals surface area (Å²) in [5, 5.41) is 30.1. The Labute approximate surface area is 170 Å². The summed E-state index contributed by atoms with van der Waals surface area (Å²) in [6, 6.07) is 7.68. The number of nitrogens with zero attached hydrogens (tertiary/aromatic N) is 4.